The van der Waals surface area contributed by atoms with Gasteiger partial charge < -0.3 is 9.26 Å². The minimum absolute atomic E-state index is 0.0997. The second kappa shape index (κ2) is 5.62. The van der Waals surface area contributed by atoms with E-state index >= 15 is 0 Å². The first-order valence-electron chi connectivity index (χ1n) is 5.84. The SMILES string of the molecule is CC(C)Cc1nc(COc2ccccc2F)no1. The Labute approximate surface area is 105 Å². The van der Waals surface area contributed by atoms with Gasteiger partial charge in [-0.1, -0.05) is 31.1 Å². The molecule has 2 aromatic rings. The van der Waals surface area contributed by atoms with Gasteiger partial charge in [0.05, 0.1) is 0 Å². The molecule has 4 nitrogen and oxygen atoms in total. The molecule has 5 heteroatoms. The fourth-order valence-corrected chi connectivity index (χ4v) is 1.49. The van der Waals surface area contributed by atoms with Gasteiger partial charge in [0, 0.05) is 6.42 Å². The van der Waals surface area contributed by atoms with Crippen molar-refractivity contribution in [2.45, 2.75) is 26.9 Å². The Kier molecular flexibility index (Phi) is 3.92. The van der Waals surface area contributed by atoms with E-state index in [1.54, 1.807) is 18.2 Å². The van der Waals surface area contributed by atoms with E-state index in [1.165, 1.54) is 6.07 Å². The van der Waals surface area contributed by atoms with E-state index < -0.39 is 5.82 Å². The quantitative estimate of drug-likeness (QED) is 0.818. The maximum absolute atomic E-state index is 13.3. The molecule has 0 amide bonds. The minimum atomic E-state index is -0.400. The average Bonchev–Trinajstić information content (AvgIpc) is 2.75. The first-order valence-corrected chi connectivity index (χ1v) is 5.84. The summed E-state index contributed by atoms with van der Waals surface area (Å²) in [6.45, 7) is 4.24. The summed E-state index contributed by atoms with van der Waals surface area (Å²) in [4.78, 5) is 4.17. The maximum atomic E-state index is 13.3. The molecule has 0 atom stereocenters. The van der Waals surface area contributed by atoms with Crippen LogP contribution in [0.3, 0.4) is 0 Å². The van der Waals surface area contributed by atoms with Gasteiger partial charge in [0.25, 0.3) is 0 Å². The Morgan fingerprint density at radius 2 is 2.11 bits per heavy atom. The van der Waals surface area contributed by atoms with Crippen LogP contribution in [0.4, 0.5) is 4.39 Å². The lowest BCUT2D eigenvalue weighted by molar-refractivity contribution is 0.272. The summed E-state index contributed by atoms with van der Waals surface area (Å²) in [6, 6.07) is 6.22. The Hall–Kier alpha value is -1.91. The molecule has 0 aliphatic rings. The fraction of sp³-hybridized carbons (Fsp3) is 0.385. The van der Waals surface area contributed by atoms with Crippen molar-refractivity contribution in [3.05, 3.63) is 41.8 Å². The number of rotatable bonds is 5. The van der Waals surface area contributed by atoms with Crippen LogP contribution in [0.25, 0.3) is 0 Å². The number of hydrogen-bond acceptors (Lipinski definition) is 4. The first-order chi connectivity index (χ1) is 8.65. The Balaban J connectivity index is 1.94. The monoisotopic (exact) mass is 250 g/mol. The molecule has 18 heavy (non-hydrogen) atoms. The van der Waals surface area contributed by atoms with Crippen LogP contribution in [0, 0.1) is 11.7 Å². The van der Waals surface area contributed by atoms with E-state index in [0.717, 1.165) is 6.42 Å². The number of halogens is 1. The number of nitrogens with zero attached hydrogens (tertiary/aromatic N) is 2. The van der Waals surface area contributed by atoms with Crippen molar-refractivity contribution in [1.82, 2.24) is 10.1 Å². The summed E-state index contributed by atoms with van der Waals surface area (Å²) in [6.07, 6.45) is 0.729. The molecule has 0 aliphatic heterocycles. The molecule has 0 aliphatic carbocycles. The Morgan fingerprint density at radius 1 is 1.33 bits per heavy atom. The summed E-state index contributed by atoms with van der Waals surface area (Å²) in [7, 11) is 0. The summed E-state index contributed by atoms with van der Waals surface area (Å²) >= 11 is 0. The molecular formula is C13H15FN2O2. The molecule has 1 aromatic carbocycles. The van der Waals surface area contributed by atoms with Gasteiger partial charge in [-0.05, 0) is 18.1 Å². The van der Waals surface area contributed by atoms with Crippen molar-refractivity contribution >= 4 is 0 Å². The summed E-state index contributed by atoms with van der Waals surface area (Å²) in [5.41, 5.74) is 0. The third-order valence-corrected chi connectivity index (χ3v) is 2.29. The van der Waals surface area contributed by atoms with E-state index in [4.69, 9.17) is 9.26 Å². The maximum Gasteiger partial charge on any atom is 0.227 e. The molecule has 0 spiro atoms. The number of benzene rings is 1. The van der Waals surface area contributed by atoms with Crippen LogP contribution < -0.4 is 4.74 Å². The number of para-hydroxylation sites is 1. The van der Waals surface area contributed by atoms with Crippen molar-refractivity contribution in [3.63, 3.8) is 0 Å². The molecule has 0 bridgehead atoms. The van der Waals surface area contributed by atoms with Crippen molar-refractivity contribution in [3.8, 4) is 5.75 Å². The Bertz CT molecular complexity index is 511. The van der Waals surface area contributed by atoms with Gasteiger partial charge in [-0.3, -0.25) is 0 Å². The van der Waals surface area contributed by atoms with Crippen LogP contribution in [-0.2, 0) is 13.0 Å². The van der Waals surface area contributed by atoms with Crippen LogP contribution in [0.15, 0.2) is 28.8 Å². The molecule has 0 radical (unpaired) electrons. The third-order valence-electron chi connectivity index (χ3n) is 2.29. The van der Waals surface area contributed by atoms with E-state index in [2.05, 4.69) is 24.0 Å². The lowest BCUT2D eigenvalue weighted by Gasteiger charge is -2.03. The van der Waals surface area contributed by atoms with Gasteiger partial charge in [0.15, 0.2) is 18.2 Å². The topological polar surface area (TPSA) is 48.2 Å². The molecule has 0 saturated carbocycles. The molecule has 1 heterocycles. The van der Waals surface area contributed by atoms with Gasteiger partial charge in [-0.25, -0.2) is 4.39 Å². The highest BCUT2D eigenvalue weighted by molar-refractivity contribution is 5.23. The number of hydrogen-bond donors (Lipinski definition) is 0. The van der Waals surface area contributed by atoms with Crippen LogP contribution in [0.1, 0.15) is 25.6 Å². The largest absolute Gasteiger partial charge is 0.482 e. The lowest BCUT2D eigenvalue weighted by atomic mass is 10.1. The minimum Gasteiger partial charge on any atom is -0.482 e. The van der Waals surface area contributed by atoms with Crippen molar-refractivity contribution in [2.24, 2.45) is 5.92 Å². The van der Waals surface area contributed by atoms with Crippen LogP contribution in [0.5, 0.6) is 5.75 Å². The third kappa shape index (κ3) is 3.29. The zero-order chi connectivity index (χ0) is 13.0. The highest BCUT2D eigenvalue weighted by atomic mass is 19.1. The molecule has 1 aromatic heterocycles. The summed E-state index contributed by atoms with van der Waals surface area (Å²) in [5, 5.41) is 3.78. The van der Waals surface area contributed by atoms with Crippen LogP contribution in [-0.4, -0.2) is 10.1 Å². The Morgan fingerprint density at radius 3 is 2.83 bits per heavy atom. The van der Waals surface area contributed by atoms with E-state index in [0.29, 0.717) is 17.6 Å². The molecule has 0 N–H and O–H groups in total. The molecule has 0 unspecified atom stereocenters. The molecular weight excluding hydrogens is 235 g/mol. The summed E-state index contributed by atoms with van der Waals surface area (Å²) in [5.74, 6) is 1.24. The highest BCUT2D eigenvalue weighted by Crippen LogP contribution is 2.16. The van der Waals surface area contributed by atoms with E-state index in [-0.39, 0.29) is 12.4 Å². The molecule has 0 saturated heterocycles. The van der Waals surface area contributed by atoms with Gasteiger partial charge in [0.2, 0.25) is 11.7 Å². The second-order valence-corrected chi connectivity index (χ2v) is 4.42. The fourth-order valence-electron chi connectivity index (χ4n) is 1.49. The van der Waals surface area contributed by atoms with Crippen molar-refractivity contribution < 1.29 is 13.7 Å². The highest BCUT2D eigenvalue weighted by Gasteiger charge is 2.09. The van der Waals surface area contributed by atoms with Crippen LogP contribution >= 0.6 is 0 Å². The van der Waals surface area contributed by atoms with Crippen LogP contribution in [0.2, 0.25) is 0 Å². The van der Waals surface area contributed by atoms with E-state index in [1.807, 2.05) is 0 Å². The smallest absolute Gasteiger partial charge is 0.227 e. The average molecular weight is 250 g/mol. The molecule has 96 valence electrons. The number of ether oxygens (including phenoxy) is 1. The van der Waals surface area contributed by atoms with Gasteiger partial charge in [0.1, 0.15) is 0 Å². The van der Waals surface area contributed by atoms with Crippen molar-refractivity contribution in [1.29, 1.82) is 0 Å². The second-order valence-electron chi connectivity index (χ2n) is 4.42. The van der Waals surface area contributed by atoms with E-state index in [9.17, 15) is 4.39 Å². The van der Waals surface area contributed by atoms with Gasteiger partial charge in [-0.2, -0.15) is 4.98 Å². The molecule has 0 fully saturated rings. The van der Waals surface area contributed by atoms with Crippen molar-refractivity contribution in [2.75, 3.05) is 0 Å². The van der Waals surface area contributed by atoms with Gasteiger partial charge in [-0.15, -0.1) is 0 Å². The predicted molar refractivity (Wildman–Crippen MR) is 63.6 cm³/mol. The predicted octanol–water partition coefficient (Wildman–Crippen LogP) is 2.99. The first kappa shape index (κ1) is 12.5. The standard InChI is InChI=1S/C13H15FN2O2/c1-9(2)7-13-15-12(16-18-13)8-17-11-6-4-3-5-10(11)14/h3-6,9H,7-8H2,1-2H3. The normalized spacial score (nSPS) is 10.9. The number of aromatic nitrogens is 2. The lowest BCUT2D eigenvalue weighted by Crippen LogP contribution is -2.00. The zero-order valence-corrected chi connectivity index (χ0v) is 10.4. The molecule has 2 rings (SSSR count). The van der Waals surface area contributed by atoms with Gasteiger partial charge >= 0.3 is 0 Å². The summed E-state index contributed by atoms with van der Waals surface area (Å²) < 4.78 is 23.6. The zero-order valence-electron chi connectivity index (χ0n) is 10.4.